The molecule has 0 aromatic carbocycles. The van der Waals surface area contributed by atoms with Gasteiger partial charge in [-0.25, -0.2) is 0 Å². The fourth-order valence-corrected chi connectivity index (χ4v) is 0.736. The predicted molar refractivity (Wildman–Crippen MR) is 26.9 cm³/mol. The van der Waals surface area contributed by atoms with Crippen molar-refractivity contribution in [2.45, 2.75) is 19.3 Å². The van der Waals surface area contributed by atoms with Crippen molar-refractivity contribution < 1.29 is 18.6 Å². The van der Waals surface area contributed by atoms with Crippen LogP contribution in [0.4, 0.5) is 0 Å². The minimum absolute atomic E-state index is 0. The summed E-state index contributed by atoms with van der Waals surface area (Å²) in [5, 5.41) is 4.18. The van der Waals surface area contributed by atoms with E-state index in [2.05, 4.69) is 5.32 Å². The molecule has 0 atom stereocenters. The normalized spacial score (nSPS) is 20.6. The maximum atomic E-state index is 4.18. The summed E-state index contributed by atoms with van der Waals surface area (Å²) in [5.74, 6) is 0. The second-order valence-corrected chi connectivity index (χ2v) is 1.73. The minimum Gasteiger partial charge on any atom is -0.662 e. The smallest absolute Gasteiger partial charge is 0 e. The van der Waals surface area contributed by atoms with Gasteiger partial charge in [0.05, 0.1) is 0 Å². The topological polar surface area (TPSA) is 14.1 Å². The molecule has 0 unspecified atom stereocenters. The first kappa shape index (κ1) is 7.54. The predicted octanol–water partition coefficient (Wildman–Crippen LogP) is 1.54. The first-order valence-electron chi connectivity index (χ1n) is 2.63. The van der Waals surface area contributed by atoms with E-state index >= 15 is 0 Å². The summed E-state index contributed by atoms with van der Waals surface area (Å²) >= 11 is 0. The van der Waals surface area contributed by atoms with Gasteiger partial charge in [0.2, 0.25) is 0 Å². The number of nitrogens with zero attached hydrogens (tertiary/aromatic N) is 1. The Hall–Kier alpha value is 0.544. The molecular weight excluding hydrogens is 125 g/mol. The van der Waals surface area contributed by atoms with Crippen LogP contribution in [0.15, 0.2) is 0 Å². The average Bonchev–Trinajstić information content (AvgIpc) is 1.72. The summed E-state index contributed by atoms with van der Waals surface area (Å²) in [6.45, 7) is 2.25. The Balaban J connectivity index is 0.000000360. The van der Waals surface area contributed by atoms with Crippen LogP contribution in [0.25, 0.3) is 5.32 Å². The van der Waals surface area contributed by atoms with Crippen LogP contribution in [-0.4, -0.2) is 13.1 Å². The standard InChI is InChI=1S/C5H10N.V/c1-2-4-6-5-3-1;/h1-5H2;/q-1;. The van der Waals surface area contributed by atoms with E-state index in [4.69, 9.17) is 0 Å². The molecule has 1 heterocycles. The molecule has 0 bridgehead atoms. The van der Waals surface area contributed by atoms with Crippen LogP contribution in [0, 0.1) is 0 Å². The zero-order chi connectivity index (χ0) is 4.24. The zero-order valence-electron chi connectivity index (χ0n) is 4.43. The third-order valence-electron chi connectivity index (χ3n) is 1.13. The Labute approximate surface area is 56.8 Å². The van der Waals surface area contributed by atoms with Gasteiger partial charge in [0.1, 0.15) is 0 Å². The van der Waals surface area contributed by atoms with Crippen molar-refractivity contribution in [3.05, 3.63) is 5.32 Å². The molecule has 0 amide bonds. The van der Waals surface area contributed by atoms with Crippen molar-refractivity contribution in [1.82, 2.24) is 0 Å². The van der Waals surface area contributed by atoms with E-state index in [0.29, 0.717) is 0 Å². The SMILES string of the molecule is C1CC[N-]CC1.[V]. The van der Waals surface area contributed by atoms with Crippen LogP contribution < -0.4 is 0 Å². The molecular formula is C5H10NV-. The molecule has 0 aromatic heterocycles. The molecule has 7 heavy (non-hydrogen) atoms. The third kappa shape index (κ3) is 3.16. The van der Waals surface area contributed by atoms with E-state index in [1.807, 2.05) is 0 Å². The molecule has 0 spiro atoms. The van der Waals surface area contributed by atoms with Gasteiger partial charge in [-0.3, -0.25) is 0 Å². The van der Waals surface area contributed by atoms with Gasteiger partial charge in [0.15, 0.2) is 0 Å². The Bertz CT molecular complexity index is 23.6. The molecule has 1 nitrogen and oxygen atoms in total. The molecule has 0 N–H and O–H groups in total. The average molecular weight is 135 g/mol. The number of piperidine rings is 1. The third-order valence-corrected chi connectivity index (χ3v) is 1.13. The number of rotatable bonds is 0. The Morgan fingerprint density at radius 1 is 0.857 bits per heavy atom. The molecule has 41 valence electrons. The van der Waals surface area contributed by atoms with Crippen molar-refractivity contribution in [2.75, 3.05) is 13.1 Å². The first-order chi connectivity index (χ1) is 3.00. The summed E-state index contributed by atoms with van der Waals surface area (Å²) in [6, 6.07) is 0. The Morgan fingerprint density at radius 2 is 1.43 bits per heavy atom. The van der Waals surface area contributed by atoms with Gasteiger partial charge in [-0.2, -0.15) is 0 Å². The monoisotopic (exact) mass is 135 g/mol. The molecule has 1 aliphatic heterocycles. The second kappa shape index (κ2) is 4.70. The molecule has 2 heteroatoms. The maximum Gasteiger partial charge on any atom is 0 e. The van der Waals surface area contributed by atoms with Crippen LogP contribution in [0.2, 0.25) is 0 Å². The van der Waals surface area contributed by atoms with Crippen molar-refractivity contribution in [2.24, 2.45) is 0 Å². The number of hydrogen-bond acceptors (Lipinski definition) is 0. The summed E-state index contributed by atoms with van der Waals surface area (Å²) in [7, 11) is 0. The van der Waals surface area contributed by atoms with Gasteiger partial charge < -0.3 is 5.32 Å². The van der Waals surface area contributed by atoms with E-state index in [9.17, 15) is 0 Å². The van der Waals surface area contributed by atoms with Crippen molar-refractivity contribution in [1.29, 1.82) is 0 Å². The van der Waals surface area contributed by atoms with Crippen LogP contribution in [0.1, 0.15) is 19.3 Å². The molecule has 1 aliphatic rings. The quantitative estimate of drug-likeness (QED) is 0.478. The van der Waals surface area contributed by atoms with Gasteiger partial charge in [0, 0.05) is 18.6 Å². The van der Waals surface area contributed by atoms with Gasteiger partial charge in [0.25, 0.3) is 0 Å². The van der Waals surface area contributed by atoms with Gasteiger partial charge in [-0.1, -0.05) is 19.3 Å². The van der Waals surface area contributed by atoms with Gasteiger partial charge >= 0.3 is 0 Å². The van der Waals surface area contributed by atoms with Crippen molar-refractivity contribution in [3.8, 4) is 0 Å². The summed E-state index contributed by atoms with van der Waals surface area (Å²) in [6.07, 6.45) is 4.07. The zero-order valence-corrected chi connectivity index (χ0v) is 5.83. The van der Waals surface area contributed by atoms with E-state index in [1.165, 1.54) is 19.3 Å². The summed E-state index contributed by atoms with van der Waals surface area (Å²) < 4.78 is 0. The number of hydrogen-bond donors (Lipinski definition) is 0. The Kier molecular flexibility index (Phi) is 5.06. The molecule has 1 rings (SSSR count). The molecule has 0 saturated carbocycles. The minimum atomic E-state index is 0. The van der Waals surface area contributed by atoms with Crippen LogP contribution in [-0.2, 0) is 18.6 Å². The van der Waals surface area contributed by atoms with Crippen LogP contribution in [0.5, 0.6) is 0 Å². The van der Waals surface area contributed by atoms with E-state index in [0.717, 1.165) is 13.1 Å². The first-order valence-corrected chi connectivity index (χ1v) is 2.63. The van der Waals surface area contributed by atoms with E-state index in [1.54, 1.807) is 0 Å². The van der Waals surface area contributed by atoms with E-state index in [-0.39, 0.29) is 18.6 Å². The molecule has 0 aliphatic carbocycles. The molecule has 0 aromatic rings. The summed E-state index contributed by atoms with van der Waals surface area (Å²) in [5.41, 5.74) is 0. The fourth-order valence-electron chi connectivity index (χ4n) is 0.736. The van der Waals surface area contributed by atoms with Crippen molar-refractivity contribution in [3.63, 3.8) is 0 Å². The van der Waals surface area contributed by atoms with E-state index < -0.39 is 0 Å². The second-order valence-electron chi connectivity index (χ2n) is 1.73. The maximum absolute atomic E-state index is 4.18. The van der Waals surface area contributed by atoms with Crippen LogP contribution >= 0.6 is 0 Å². The fraction of sp³-hybridized carbons (Fsp3) is 1.00. The van der Waals surface area contributed by atoms with Crippen LogP contribution in [0.3, 0.4) is 0 Å². The Morgan fingerprint density at radius 3 is 1.57 bits per heavy atom. The largest absolute Gasteiger partial charge is 0.662 e. The molecule has 1 fully saturated rings. The summed E-state index contributed by atoms with van der Waals surface area (Å²) in [4.78, 5) is 0. The van der Waals surface area contributed by atoms with Gasteiger partial charge in [-0.05, 0) is 0 Å². The molecule has 1 saturated heterocycles. The van der Waals surface area contributed by atoms with Crippen molar-refractivity contribution >= 4 is 0 Å². The van der Waals surface area contributed by atoms with Gasteiger partial charge in [-0.15, -0.1) is 13.1 Å². The molecule has 1 radical (unpaired) electrons.